The molecule has 0 aliphatic rings. The SMILES string of the molecule is CCOc1ccc(CNC[C@@H](C)Oc2cccnc2)cc1COC(C)=O. The van der Waals surface area contributed by atoms with Gasteiger partial charge in [0.25, 0.3) is 0 Å². The molecule has 0 amide bonds. The van der Waals surface area contributed by atoms with E-state index in [9.17, 15) is 4.79 Å². The Labute approximate surface area is 154 Å². The zero-order valence-electron chi connectivity index (χ0n) is 15.5. The molecule has 26 heavy (non-hydrogen) atoms. The van der Waals surface area contributed by atoms with Gasteiger partial charge in [0.15, 0.2) is 0 Å². The van der Waals surface area contributed by atoms with E-state index < -0.39 is 0 Å². The van der Waals surface area contributed by atoms with Crippen LogP contribution in [0.5, 0.6) is 11.5 Å². The maximum Gasteiger partial charge on any atom is 0.302 e. The van der Waals surface area contributed by atoms with Crippen LogP contribution in [0.1, 0.15) is 31.9 Å². The quantitative estimate of drug-likeness (QED) is 0.658. The molecule has 2 aromatic rings. The van der Waals surface area contributed by atoms with Crippen molar-refractivity contribution in [3.8, 4) is 11.5 Å². The van der Waals surface area contributed by atoms with Crippen molar-refractivity contribution in [3.05, 3.63) is 53.9 Å². The third-order valence-electron chi connectivity index (χ3n) is 3.59. The summed E-state index contributed by atoms with van der Waals surface area (Å²) in [6.45, 7) is 7.48. The number of nitrogens with zero attached hydrogens (tertiary/aromatic N) is 1. The molecule has 6 nitrogen and oxygen atoms in total. The van der Waals surface area contributed by atoms with Gasteiger partial charge in [-0.1, -0.05) is 6.07 Å². The number of esters is 1. The van der Waals surface area contributed by atoms with Gasteiger partial charge >= 0.3 is 5.97 Å². The molecule has 1 aromatic heterocycles. The number of benzene rings is 1. The van der Waals surface area contributed by atoms with Crippen LogP contribution in [0.4, 0.5) is 0 Å². The summed E-state index contributed by atoms with van der Waals surface area (Å²) in [5.41, 5.74) is 1.95. The summed E-state index contributed by atoms with van der Waals surface area (Å²) in [5, 5.41) is 3.37. The molecule has 0 aliphatic carbocycles. The van der Waals surface area contributed by atoms with Gasteiger partial charge in [-0.2, -0.15) is 0 Å². The lowest BCUT2D eigenvalue weighted by Gasteiger charge is -2.16. The van der Waals surface area contributed by atoms with E-state index in [1.54, 1.807) is 12.4 Å². The molecule has 2 rings (SSSR count). The minimum Gasteiger partial charge on any atom is -0.493 e. The van der Waals surface area contributed by atoms with Crippen LogP contribution in [-0.2, 0) is 22.7 Å². The molecule has 0 bridgehead atoms. The molecule has 1 atom stereocenters. The van der Waals surface area contributed by atoms with Gasteiger partial charge in [0.1, 0.15) is 24.2 Å². The van der Waals surface area contributed by atoms with Crippen LogP contribution in [0, 0.1) is 0 Å². The van der Waals surface area contributed by atoms with Crippen molar-refractivity contribution in [1.82, 2.24) is 10.3 Å². The largest absolute Gasteiger partial charge is 0.493 e. The standard InChI is InChI=1S/C20H26N2O4/c1-4-24-20-8-7-17(10-18(20)14-25-16(3)23)12-22-11-15(2)26-19-6-5-9-21-13-19/h5-10,13,15,22H,4,11-12,14H2,1-3H3/t15-/m1/s1. The Morgan fingerprint density at radius 2 is 2.15 bits per heavy atom. The molecule has 0 unspecified atom stereocenters. The summed E-state index contributed by atoms with van der Waals surface area (Å²) in [6, 6.07) is 9.64. The van der Waals surface area contributed by atoms with Crippen molar-refractivity contribution in [2.45, 2.75) is 40.0 Å². The van der Waals surface area contributed by atoms with Crippen LogP contribution in [0.2, 0.25) is 0 Å². The minimum absolute atomic E-state index is 0.0161. The third-order valence-corrected chi connectivity index (χ3v) is 3.59. The Morgan fingerprint density at radius 3 is 2.85 bits per heavy atom. The molecule has 6 heteroatoms. The number of carbonyl (C=O) groups is 1. The first-order valence-electron chi connectivity index (χ1n) is 8.73. The van der Waals surface area contributed by atoms with Gasteiger partial charge in [0, 0.05) is 31.8 Å². The zero-order chi connectivity index (χ0) is 18.8. The van der Waals surface area contributed by atoms with Gasteiger partial charge in [0.2, 0.25) is 0 Å². The van der Waals surface area contributed by atoms with Crippen molar-refractivity contribution < 1.29 is 19.0 Å². The van der Waals surface area contributed by atoms with E-state index >= 15 is 0 Å². The molecule has 1 heterocycles. The molecule has 1 N–H and O–H groups in total. The Balaban J connectivity index is 1.87. The van der Waals surface area contributed by atoms with Gasteiger partial charge in [-0.3, -0.25) is 9.78 Å². The molecule has 1 aromatic carbocycles. The van der Waals surface area contributed by atoms with E-state index in [0.29, 0.717) is 19.7 Å². The number of hydrogen-bond acceptors (Lipinski definition) is 6. The van der Waals surface area contributed by atoms with Crippen LogP contribution >= 0.6 is 0 Å². The molecular weight excluding hydrogens is 332 g/mol. The fraction of sp³-hybridized carbons (Fsp3) is 0.400. The monoisotopic (exact) mass is 358 g/mol. The highest BCUT2D eigenvalue weighted by Gasteiger charge is 2.08. The van der Waals surface area contributed by atoms with Gasteiger partial charge in [0.05, 0.1) is 12.8 Å². The van der Waals surface area contributed by atoms with Crippen LogP contribution < -0.4 is 14.8 Å². The summed E-state index contributed by atoms with van der Waals surface area (Å²) in [6.07, 6.45) is 3.43. The molecule has 0 saturated carbocycles. The average Bonchev–Trinajstić information content (AvgIpc) is 2.62. The van der Waals surface area contributed by atoms with Gasteiger partial charge in [-0.15, -0.1) is 0 Å². The van der Waals surface area contributed by atoms with E-state index in [1.807, 2.05) is 44.2 Å². The third kappa shape index (κ3) is 6.72. The van der Waals surface area contributed by atoms with E-state index in [-0.39, 0.29) is 18.7 Å². The number of rotatable bonds is 10. The minimum atomic E-state index is -0.308. The summed E-state index contributed by atoms with van der Waals surface area (Å²) in [5.74, 6) is 1.19. The molecule has 0 spiro atoms. The normalized spacial score (nSPS) is 11.7. The predicted octanol–water partition coefficient (Wildman–Crippen LogP) is 3.10. The topological polar surface area (TPSA) is 69.7 Å². The second-order valence-electron chi connectivity index (χ2n) is 5.90. The molecule has 0 radical (unpaired) electrons. The number of carbonyl (C=O) groups excluding carboxylic acids is 1. The van der Waals surface area contributed by atoms with Crippen molar-refractivity contribution >= 4 is 5.97 Å². The lowest BCUT2D eigenvalue weighted by atomic mass is 10.1. The van der Waals surface area contributed by atoms with Gasteiger partial charge in [-0.25, -0.2) is 0 Å². The van der Waals surface area contributed by atoms with Crippen molar-refractivity contribution in [1.29, 1.82) is 0 Å². The number of aromatic nitrogens is 1. The highest BCUT2D eigenvalue weighted by atomic mass is 16.5. The second kappa shape index (κ2) is 10.4. The highest BCUT2D eigenvalue weighted by Crippen LogP contribution is 2.21. The summed E-state index contributed by atoms with van der Waals surface area (Å²) >= 11 is 0. The van der Waals surface area contributed by atoms with Crippen LogP contribution in [0.15, 0.2) is 42.7 Å². The Bertz CT molecular complexity index is 691. The first-order valence-corrected chi connectivity index (χ1v) is 8.73. The average molecular weight is 358 g/mol. The lowest BCUT2D eigenvalue weighted by molar-refractivity contribution is -0.142. The van der Waals surface area contributed by atoms with Crippen molar-refractivity contribution in [2.75, 3.05) is 13.2 Å². The fourth-order valence-corrected chi connectivity index (χ4v) is 2.44. The summed E-state index contributed by atoms with van der Waals surface area (Å²) < 4.78 is 16.5. The Morgan fingerprint density at radius 1 is 1.31 bits per heavy atom. The number of nitrogens with one attached hydrogen (secondary N) is 1. The van der Waals surface area contributed by atoms with Crippen LogP contribution in [0.3, 0.4) is 0 Å². The number of hydrogen-bond donors (Lipinski definition) is 1. The Kier molecular flexibility index (Phi) is 7.89. The molecule has 0 aliphatic heterocycles. The van der Waals surface area contributed by atoms with E-state index in [1.165, 1.54) is 6.92 Å². The first-order chi connectivity index (χ1) is 12.6. The zero-order valence-corrected chi connectivity index (χ0v) is 15.5. The fourth-order valence-electron chi connectivity index (χ4n) is 2.44. The summed E-state index contributed by atoms with van der Waals surface area (Å²) in [7, 11) is 0. The van der Waals surface area contributed by atoms with E-state index in [0.717, 1.165) is 22.6 Å². The van der Waals surface area contributed by atoms with E-state index in [2.05, 4.69) is 10.3 Å². The maximum absolute atomic E-state index is 11.1. The van der Waals surface area contributed by atoms with Crippen molar-refractivity contribution in [3.63, 3.8) is 0 Å². The van der Waals surface area contributed by atoms with Crippen molar-refractivity contribution in [2.24, 2.45) is 0 Å². The molecule has 140 valence electrons. The number of ether oxygens (including phenoxy) is 3. The van der Waals surface area contributed by atoms with E-state index in [4.69, 9.17) is 14.2 Å². The van der Waals surface area contributed by atoms with Crippen LogP contribution in [0.25, 0.3) is 0 Å². The molecule has 0 fully saturated rings. The molecule has 0 saturated heterocycles. The highest BCUT2D eigenvalue weighted by molar-refractivity contribution is 5.66. The number of pyridine rings is 1. The maximum atomic E-state index is 11.1. The smallest absolute Gasteiger partial charge is 0.302 e. The Hall–Kier alpha value is -2.60. The molecular formula is C20H26N2O4. The van der Waals surface area contributed by atoms with Gasteiger partial charge in [-0.05, 0) is 43.7 Å². The van der Waals surface area contributed by atoms with Gasteiger partial charge < -0.3 is 19.5 Å². The van der Waals surface area contributed by atoms with Crippen LogP contribution in [-0.4, -0.2) is 30.2 Å². The first kappa shape index (κ1) is 19.7. The second-order valence-corrected chi connectivity index (χ2v) is 5.90. The summed E-state index contributed by atoms with van der Waals surface area (Å²) in [4.78, 5) is 15.1. The lowest BCUT2D eigenvalue weighted by Crippen LogP contribution is -2.28. The predicted molar refractivity (Wildman–Crippen MR) is 99.1 cm³/mol.